The van der Waals surface area contributed by atoms with Crippen LogP contribution in [0.15, 0.2) is 35.4 Å². The number of hydrogen-bond acceptors (Lipinski definition) is 2. The number of rotatable bonds is 2. The molecule has 0 atom stereocenters. The van der Waals surface area contributed by atoms with Crippen LogP contribution in [-0.2, 0) is 11.8 Å². The molecular weight excluding hydrogens is 236 g/mol. The van der Waals surface area contributed by atoms with Crippen molar-refractivity contribution in [1.29, 1.82) is 0 Å². The Morgan fingerprint density at radius 2 is 2.00 bits per heavy atom. The summed E-state index contributed by atoms with van der Waals surface area (Å²) in [5, 5.41) is 0. The van der Waals surface area contributed by atoms with Gasteiger partial charge in [0.15, 0.2) is 0 Å². The summed E-state index contributed by atoms with van der Waals surface area (Å²) in [6, 6.07) is 8.29. The van der Waals surface area contributed by atoms with Gasteiger partial charge in [-0.1, -0.05) is 38.1 Å². The van der Waals surface area contributed by atoms with Crippen LogP contribution in [0.25, 0.3) is 11.3 Å². The van der Waals surface area contributed by atoms with Gasteiger partial charge >= 0.3 is 0 Å². The maximum Gasteiger partial charge on any atom is 0.255 e. The first-order valence-electron chi connectivity index (χ1n) is 6.88. The van der Waals surface area contributed by atoms with Crippen molar-refractivity contribution in [2.45, 2.75) is 38.5 Å². The SMILES string of the molecule is CCC1(CC)Cc2ccccc2-c2nc[nH]c(=O)c21. The molecule has 3 rings (SSSR count). The molecule has 0 unspecified atom stereocenters. The van der Waals surface area contributed by atoms with E-state index < -0.39 is 0 Å². The van der Waals surface area contributed by atoms with Crippen molar-refractivity contribution in [2.75, 3.05) is 0 Å². The van der Waals surface area contributed by atoms with Crippen LogP contribution in [0, 0.1) is 0 Å². The third kappa shape index (κ3) is 1.65. The molecule has 0 amide bonds. The van der Waals surface area contributed by atoms with Gasteiger partial charge in [0.1, 0.15) is 0 Å². The summed E-state index contributed by atoms with van der Waals surface area (Å²) < 4.78 is 0. The predicted octanol–water partition coefficient (Wildman–Crippen LogP) is 3.05. The van der Waals surface area contributed by atoms with Gasteiger partial charge in [0.2, 0.25) is 0 Å². The zero-order valence-corrected chi connectivity index (χ0v) is 11.4. The Morgan fingerprint density at radius 1 is 1.26 bits per heavy atom. The van der Waals surface area contributed by atoms with Crippen LogP contribution in [0.5, 0.6) is 0 Å². The second kappa shape index (κ2) is 4.34. The van der Waals surface area contributed by atoms with Crippen LogP contribution >= 0.6 is 0 Å². The fourth-order valence-corrected chi connectivity index (χ4v) is 3.31. The third-order valence-electron chi connectivity index (χ3n) is 4.54. The highest BCUT2D eigenvalue weighted by Gasteiger charge is 2.38. The number of H-pyrrole nitrogens is 1. The van der Waals surface area contributed by atoms with E-state index in [1.165, 1.54) is 11.9 Å². The van der Waals surface area contributed by atoms with E-state index in [0.717, 1.165) is 36.1 Å². The van der Waals surface area contributed by atoms with Gasteiger partial charge in [-0.3, -0.25) is 4.79 Å². The molecule has 1 N–H and O–H groups in total. The first-order valence-corrected chi connectivity index (χ1v) is 6.88. The first kappa shape index (κ1) is 12.2. The Hall–Kier alpha value is -1.90. The molecule has 1 heterocycles. The Bertz CT molecular complexity index is 668. The topological polar surface area (TPSA) is 45.8 Å². The average Bonchev–Trinajstić information content (AvgIpc) is 2.46. The van der Waals surface area contributed by atoms with Crippen molar-refractivity contribution in [2.24, 2.45) is 0 Å². The lowest BCUT2D eigenvalue weighted by atomic mass is 9.66. The number of fused-ring (bicyclic) bond motifs is 3. The molecular formula is C16H18N2O. The molecule has 98 valence electrons. The maximum atomic E-state index is 12.3. The number of benzene rings is 1. The number of nitrogens with zero attached hydrogens (tertiary/aromatic N) is 1. The van der Waals surface area contributed by atoms with E-state index in [1.807, 2.05) is 6.07 Å². The van der Waals surface area contributed by atoms with Crippen molar-refractivity contribution < 1.29 is 0 Å². The molecule has 0 spiro atoms. The summed E-state index contributed by atoms with van der Waals surface area (Å²) in [5.41, 5.74) is 4.10. The second-order valence-electron chi connectivity index (χ2n) is 5.28. The van der Waals surface area contributed by atoms with Gasteiger partial charge in [-0.25, -0.2) is 4.98 Å². The molecule has 3 heteroatoms. The van der Waals surface area contributed by atoms with E-state index in [4.69, 9.17) is 0 Å². The zero-order chi connectivity index (χ0) is 13.5. The highest BCUT2D eigenvalue weighted by molar-refractivity contribution is 5.71. The minimum absolute atomic E-state index is 0.0169. The molecule has 1 aromatic heterocycles. The maximum absolute atomic E-state index is 12.3. The first-order chi connectivity index (χ1) is 9.22. The van der Waals surface area contributed by atoms with Crippen molar-refractivity contribution in [3.8, 4) is 11.3 Å². The van der Waals surface area contributed by atoms with Gasteiger partial charge in [-0.15, -0.1) is 0 Å². The quantitative estimate of drug-likeness (QED) is 0.895. The van der Waals surface area contributed by atoms with Gasteiger partial charge < -0.3 is 4.98 Å². The zero-order valence-electron chi connectivity index (χ0n) is 11.4. The van der Waals surface area contributed by atoms with E-state index in [2.05, 4.69) is 42.0 Å². The molecule has 0 fully saturated rings. The van der Waals surface area contributed by atoms with Crippen LogP contribution < -0.4 is 5.56 Å². The summed E-state index contributed by atoms with van der Waals surface area (Å²) in [5.74, 6) is 0. The van der Waals surface area contributed by atoms with Crippen LogP contribution in [0.4, 0.5) is 0 Å². The molecule has 1 aromatic carbocycles. The Kier molecular flexibility index (Phi) is 2.77. The summed E-state index contributed by atoms with van der Waals surface area (Å²) in [6.07, 6.45) is 4.36. The summed E-state index contributed by atoms with van der Waals surface area (Å²) in [7, 11) is 0. The molecule has 2 aromatic rings. The Balaban J connectivity index is 2.38. The average molecular weight is 254 g/mol. The van der Waals surface area contributed by atoms with E-state index in [-0.39, 0.29) is 11.0 Å². The van der Waals surface area contributed by atoms with Crippen molar-refractivity contribution in [3.05, 3.63) is 52.1 Å². The largest absolute Gasteiger partial charge is 0.313 e. The standard InChI is InChI=1S/C16H18N2O/c1-3-16(4-2)9-11-7-5-6-8-12(11)14-13(16)15(19)18-10-17-14/h5-8,10H,3-4,9H2,1-2H3,(H,17,18,19). The lowest BCUT2D eigenvalue weighted by Crippen LogP contribution is -2.38. The minimum Gasteiger partial charge on any atom is -0.313 e. The second-order valence-corrected chi connectivity index (χ2v) is 5.28. The smallest absolute Gasteiger partial charge is 0.255 e. The Morgan fingerprint density at radius 3 is 2.74 bits per heavy atom. The fraction of sp³-hybridized carbons (Fsp3) is 0.375. The normalized spacial score (nSPS) is 15.7. The molecule has 3 nitrogen and oxygen atoms in total. The van der Waals surface area contributed by atoms with Gasteiger partial charge in [-0.05, 0) is 24.8 Å². The number of aromatic amines is 1. The van der Waals surface area contributed by atoms with Crippen molar-refractivity contribution in [3.63, 3.8) is 0 Å². The van der Waals surface area contributed by atoms with E-state index in [9.17, 15) is 4.79 Å². The number of hydrogen-bond donors (Lipinski definition) is 1. The van der Waals surface area contributed by atoms with Crippen LogP contribution in [0.3, 0.4) is 0 Å². The lowest BCUT2D eigenvalue weighted by Gasteiger charge is -2.37. The van der Waals surface area contributed by atoms with E-state index in [0.29, 0.717) is 0 Å². The molecule has 0 saturated carbocycles. The van der Waals surface area contributed by atoms with Gasteiger partial charge in [0.05, 0.1) is 17.6 Å². The predicted molar refractivity (Wildman–Crippen MR) is 76.3 cm³/mol. The molecule has 0 aliphatic heterocycles. The van der Waals surface area contributed by atoms with Crippen LogP contribution in [-0.4, -0.2) is 9.97 Å². The van der Waals surface area contributed by atoms with E-state index >= 15 is 0 Å². The lowest BCUT2D eigenvalue weighted by molar-refractivity contribution is 0.383. The molecule has 0 saturated heterocycles. The highest BCUT2D eigenvalue weighted by atomic mass is 16.1. The fourth-order valence-electron chi connectivity index (χ4n) is 3.31. The molecule has 0 radical (unpaired) electrons. The van der Waals surface area contributed by atoms with Gasteiger partial charge in [0, 0.05) is 11.0 Å². The van der Waals surface area contributed by atoms with Gasteiger partial charge in [-0.2, -0.15) is 0 Å². The molecule has 0 bridgehead atoms. The molecule has 1 aliphatic rings. The minimum atomic E-state index is -0.0778. The monoisotopic (exact) mass is 254 g/mol. The molecule has 19 heavy (non-hydrogen) atoms. The van der Waals surface area contributed by atoms with Gasteiger partial charge in [0.25, 0.3) is 5.56 Å². The van der Waals surface area contributed by atoms with Crippen LogP contribution in [0.2, 0.25) is 0 Å². The summed E-state index contributed by atoms with van der Waals surface area (Å²) >= 11 is 0. The number of nitrogens with one attached hydrogen (secondary N) is 1. The van der Waals surface area contributed by atoms with Crippen LogP contribution in [0.1, 0.15) is 37.8 Å². The Labute approximate surface area is 112 Å². The highest BCUT2D eigenvalue weighted by Crippen LogP contribution is 2.43. The van der Waals surface area contributed by atoms with Crippen molar-refractivity contribution in [1.82, 2.24) is 9.97 Å². The molecule has 1 aliphatic carbocycles. The van der Waals surface area contributed by atoms with E-state index in [1.54, 1.807) is 0 Å². The number of aromatic nitrogens is 2. The summed E-state index contributed by atoms with van der Waals surface area (Å²) in [6.45, 7) is 4.32. The summed E-state index contributed by atoms with van der Waals surface area (Å²) in [4.78, 5) is 19.5. The van der Waals surface area contributed by atoms with Crippen molar-refractivity contribution >= 4 is 0 Å². The third-order valence-corrected chi connectivity index (χ3v) is 4.54.